The first-order chi connectivity index (χ1) is 16.9. The molecule has 0 amide bonds. The summed E-state index contributed by atoms with van der Waals surface area (Å²) in [6.07, 6.45) is -0.747. The lowest BCUT2D eigenvalue weighted by Gasteiger charge is -2.29. The second-order valence-corrected chi connectivity index (χ2v) is 11.2. The Morgan fingerprint density at radius 1 is 1.03 bits per heavy atom. The molecule has 36 heavy (non-hydrogen) atoms. The topological polar surface area (TPSA) is 44.1 Å². The number of ketones is 1. The molecular weight excluding hydrogens is 491 g/mol. The Kier molecular flexibility index (Phi) is 7.34. The summed E-state index contributed by atoms with van der Waals surface area (Å²) >= 11 is 12.5. The van der Waals surface area contributed by atoms with E-state index in [1.165, 1.54) is 0 Å². The average Bonchev–Trinajstić information content (AvgIpc) is 3.01. The Balaban J connectivity index is 2.07. The Labute approximate surface area is 223 Å². The van der Waals surface area contributed by atoms with E-state index in [2.05, 4.69) is 24.5 Å². The minimum Gasteiger partial charge on any atom is -0.360 e. The van der Waals surface area contributed by atoms with E-state index in [-0.39, 0.29) is 5.78 Å². The standard InChI is InChI=1S/C30H32Cl2N2O2/c1-17-19(3)34(16-21-9-8-10-24(32)15-21)29-25(17)27(22-11-13-23(31)14-12-22)26(18(2)33-29)28(20(4)35)36-30(5,6)7/h8-15,28H,16H2,1-7H3. The Morgan fingerprint density at radius 3 is 2.28 bits per heavy atom. The SMILES string of the molecule is CC(=O)C(OC(C)(C)C)c1c(C)nc2c(c(C)c(C)n2Cc2cccc(Cl)c2)c1-c1ccc(Cl)cc1. The summed E-state index contributed by atoms with van der Waals surface area (Å²) in [4.78, 5) is 18.1. The molecule has 0 fully saturated rings. The number of carbonyl (C=O) groups is 1. The highest BCUT2D eigenvalue weighted by atomic mass is 35.5. The molecular formula is C30H32Cl2N2O2. The third-order valence-electron chi connectivity index (χ3n) is 6.45. The van der Waals surface area contributed by atoms with Gasteiger partial charge in [0.2, 0.25) is 0 Å². The number of benzene rings is 2. The molecule has 2 aromatic carbocycles. The second-order valence-electron chi connectivity index (χ2n) is 10.3. The van der Waals surface area contributed by atoms with Gasteiger partial charge < -0.3 is 9.30 Å². The smallest absolute Gasteiger partial charge is 0.163 e. The number of aromatic nitrogens is 2. The molecule has 0 aliphatic heterocycles. The van der Waals surface area contributed by atoms with Crippen LogP contribution in [0.15, 0.2) is 48.5 Å². The summed E-state index contributed by atoms with van der Waals surface area (Å²) in [6, 6.07) is 15.6. The van der Waals surface area contributed by atoms with E-state index in [4.69, 9.17) is 32.9 Å². The molecule has 0 N–H and O–H groups in total. The summed E-state index contributed by atoms with van der Waals surface area (Å²) in [5, 5.41) is 2.37. The van der Waals surface area contributed by atoms with E-state index in [1.807, 2.05) is 70.2 Å². The molecule has 188 valence electrons. The van der Waals surface area contributed by atoms with Crippen molar-refractivity contribution >= 4 is 40.0 Å². The van der Waals surface area contributed by atoms with Gasteiger partial charge in [-0.05, 0) is 89.4 Å². The molecule has 0 saturated heterocycles. The molecule has 2 heterocycles. The lowest BCUT2D eigenvalue weighted by Crippen LogP contribution is -2.27. The Hall–Kier alpha value is -2.66. The van der Waals surface area contributed by atoms with E-state index in [0.29, 0.717) is 16.6 Å². The highest BCUT2D eigenvalue weighted by Crippen LogP contribution is 2.42. The number of rotatable bonds is 6. The van der Waals surface area contributed by atoms with Crippen LogP contribution in [0.5, 0.6) is 0 Å². The van der Waals surface area contributed by atoms with E-state index >= 15 is 0 Å². The molecule has 2 aromatic heterocycles. The fourth-order valence-electron chi connectivity index (χ4n) is 4.74. The summed E-state index contributed by atoms with van der Waals surface area (Å²) in [6.45, 7) is 14.3. The van der Waals surface area contributed by atoms with Crippen molar-refractivity contribution in [1.82, 2.24) is 9.55 Å². The van der Waals surface area contributed by atoms with Crippen LogP contribution in [-0.2, 0) is 16.1 Å². The van der Waals surface area contributed by atoms with Gasteiger partial charge in [0.25, 0.3) is 0 Å². The van der Waals surface area contributed by atoms with Gasteiger partial charge in [0.05, 0.1) is 5.60 Å². The van der Waals surface area contributed by atoms with E-state index in [1.54, 1.807) is 6.92 Å². The van der Waals surface area contributed by atoms with Crippen molar-refractivity contribution in [1.29, 1.82) is 0 Å². The van der Waals surface area contributed by atoms with Crippen LogP contribution in [0, 0.1) is 20.8 Å². The van der Waals surface area contributed by atoms with Crippen LogP contribution in [0.4, 0.5) is 0 Å². The van der Waals surface area contributed by atoms with Crippen molar-refractivity contribution in [2.24, 2.45) is 0 Å². The maximum atomic E-state index is 13.0. The van der Waals surface area contributed by atoms with Gasteiger partial charge in [-0.15, -0.1) is 0 Å². The minimum atomic E-state index is -0.747. The van der Waals surface area contributed by atoms with Crippen molar-refractivity contribution in [3.05, 3.63) is 86.7 Å². The zero-order valence-electron chi connectivity index (χ0n) is 21.9. The van der Waals surface area contributed by atoms with Gasteiger partial charge in [-0.1, -0.05) is 47.5 Å². The number of halogens is 2. The number of aryl methyl sites for hydroxylation is 2. The average molecular weight is 524 g/mol. The number of hydrogen-bond acceptors (Lipinski definition) is 3. The van der Waals surface area contributed by atoms with Gasteiger partial charge in [-0.2, -0.15) is 0 Å². The maximum absolute atomic E-state index is 13.0. The van der Waals surface area contributed by atoms with Crippen LogP contribution >= 0.6 is 23.2 Å². The van der Waals surface area contributed by atoms with Gasteiger partial charge in [-0.3, -0.25) is 4.79 Å². The van der Waals surface area contributed by atoms with Crippen molar-refractivity contribution in [2.45, 2.75) is 66.7 Å². The molecule has 0 aliphatic rings. The van der Waals surface area contributed by atoms with Crippen molar-refractivity contribution in [3.63, 3.8) is 0 Å². The van der Waals surface area contributed by atoms with Crippen LogP contribution in [0.25, 0.3) is 22.2 Å². The maximum Gasteiger partial charge on any atom is 0.163 e. The molecule has 1 unspecified atom stereocenters. The molecule has 0 radical (unpaired) electrons. The van der Waals surface area contributed by atoms with Crippen molar-refractivity contribution in [2.75, 3.05) is 0 Å². The summed E-state index contributed by atoms with van der Waals surface area (Å²) in [7, 11) is 0. The lowest BCUT2D eigenvalue weighted by molar-refractivity contribution is -0.138. The molecule has 6 heteroatoms. The first-order valence-electron chi connectivity index (χ1n) is 12.1. The number of ether oxygens (including phenoxy) is 1. The van der Waals surface area contributed by atoms with Crippen molar-refractivity contribution in [3.8, 4) is 11.1 Å². The monoisotopic (exact) mass is 522 g/mol. The van der Waals surface area contributed by atoms with Crippen molar-refractivity contribution < 1.29 is 9.53 Å². The molecule has 0 spiro atoms. The molecule has 0 bridgehead atoms. The number of carbonyl (C=O) groups excluding carboxylic acids is 1. The molecule has 0 aliphatic carbocycles. The predicted molar refractivity (Wildman–Crippen MR) is 149 cm³/mol. The molecule has 0 saturated carbocycles. The first-order valence-corrected chi connectivity index (χ1v) is 12.8. The first kappa shape index (κ1) is 26.4. The van der Waals surface area contributed by atoms with Gasteiger partial charge in [0, 0.05) is 44.5 Å². The largest absolute Gasteiger partial charge is 0.360 e. The summed E-state index contributed by atoms with van der Waals surface area (Å²) in [5.74, 6) is -0.0582. The van der Waals surface area contributed by atoms with Gasteiger partial charge in [0.1, 0.15) is 11.8 Å². The van der Waals surface area contributed by atoms with Crippen LogP contribution in [0.3, 0.4) is 0 Å². The van der Waals surface area contributed by atoms with E-state index in [0.717, 1.165) is 50.2 Å². The third kappa shape index (κ3) is 5.22. The fraction of sp³-hybridized carbons (Fsp3) is 0.333. The Bertz CT molecular complexity index is 1450. The number of pyridine rings is 1. The second kappa shape index (κ2) is 10.0. The predicted octanol–water partition coefficient (Wildman–Crippen LogP) is 8.43. The summed E-state index contributed by atoms with van der Waals surface area (Å²) in [5.41, 5.74) is 7.17. The molecule has 4 aromatic rings. The highest BCUT2D eigenvalue weighted by Gasteiger charge is 2.32. The van der Waals surface area contributed by atoms with Gasteiger partial charge in [0.15, 0.2) is 5.78 Å². The Morgan fingerprint density at radius 2 is 1.69 bits per heavy atom. The quantitative estimate of drug-likeness (QED) is 0.255. The lowest BCUT2D eigenvalue weighted by atomic mass is 9.90. The van der Waals surface area contributed by atoms with Crippen LogP contribution in [-0.4, -0.2) is 20.9 Å². The van der Waals surface area contributed by atoms with Crippen LogP contribution in [0.2, 0.25) is 10.0 Å². The van der Waals surface area contributed by atoms with Gasteiger partial charge >= 0.3 is 0 Å². The number of Topliss-reactive ketones (excluding diaryl/α,β-unsaturated/α-hetero) is 1. The normalized spacial score (nSPS) is 12.8. The number of nitrogens with zero attached hydrogens (tertiary/aromatic N) is 2. The zero-order chi connectivity index (χ0) is 26.4. The van der Waals surface area contributed by atoms with Gasteiger partial charge in [-0.25, -0.2) is 4.98 Å². The van der Waals surface area contributed by atoms with E-state index in [9.17, 15) is 4.79 Å². The number of hydrogen-bond donors (Lipinski definition) is 0. The van der Waals surface area contributed by atoms with E-state index < -0.39 is 11.7 Å². The minimum absolute atomic E-state index is 0.0582. The molecule has 1 atom stereocenters. The highest BCUT2D eigenvalue weighted by molar-refractivity contribution is 6.31. The zero-order valence-corrected chi connectivity index (χ0v) is 23.4. The van der Waals surface area contributed by atoms with Crippen LogP contribution < -0.4 is 0 Å². The molecule has 4 rings (SSSR count). The summed E-state index contributed by atoms with van der Waals surface area (Å²) < 4.78 is 8.57. The fourth-order valence-corrected chi connectivity index (χ4v) is 5.08. The van der Waals surface area contributed by atoms with Crippen LogP contribution in [0.1, 0.15) is 61.9 Å². The molecule has 4 nitrogen and oxygen atoms in total. The number of fused-ring (bicyclic) bond motifs is 1. The third-order valence-corrected chi connectivity index (χ3v) is 6.94.